The second-order valence-corrected chi connectivity index (χ2v) is 5.77. The Labute approximate surface area is 121 Å². The van der Waals surface area contributed by atoms with Gasteiger partial charge in [0.1, 0.15) is 5.82 Å². The Bertz CT molecular complexity index is 471. The maximum Gasteiger partial charge on any atom is 0.321 e. The number of anilines is 1. The van der Waals surface area contributed by atoms with Crippen molar-refractivity contribution in [2.75, 3.05) is 18.4 Å². The number of urea groups is 1. The highest BCUT2D eigenvalue weighted by Gasteiger charge is 2.16. The highest BCUT2D eigenvalue weighted by atomic mass is 79.9. The van der Waals surface area contributed by atoms with Gasteiger partial charge in [-0.05, 0) is 53.4 Å². The van der Waals surface area contributed by atoms with Gasteiger partial charge >= 0.3 is 6.03 Å². The largest absolute Gasteiger partial charge is 0.325 e. The molecule has 1 fully saturated rings. The number of likely N-dealkylation sites (tertiary alicyclic amines) is 1. The molecule has 2 amide bonds. The Kier molecular flexibility index (Phi) is 4.80. The molecule has 104 valence electrons. The first kappa shape index (κ1) is 14.3. The van der Waals surface area contributed by atoms with Gasteiger partial charge < -0.3 is 10.2 Å². The molecule has 0 spiro atoms. The van der Waals surface area contributed by atoms with E-state index in [2.05, 4.69) is 21.2 Å². The number of halogens is 2. The zero-order chi connectivity index (χ0) is 13.8. The van der Waals surface area contributed by atoms with Crippen LogP contribution in [0.2, 0.25) is 0 Å². The molecule has 2 rings (SSSR count). The summed E-state index contributed by atoms with van der Waals surface area (Å²) < 4.78 is 13.9. The van der Waals surface area contributed by atoms with E-state index in [1.807, 2.05) is 11.8 Å². The smallest absolute Gasteiger partial charge is 0.321 e. The van der Waals surface area contributed by atoms with Crippen molar-refractivity contribution >= 4 is 27.6 Å². The Morgan fingerprint density at radius 2 is 1.89 bits per heavy atom. The number of hydrogen-bond donors (Lipinski definition) is 1. The predicted octanol–water partition coefficient (Wildman–Crippen LogP) is 4.30. The molecule has 1 aliphatic rings. The van der Waals surface area contributed by atoms with E-state index >= 15 is 0 Å². The standard InChI is InChI=1S/C14H18BrFN2O/c1-10-8-11(15)12(16)9-13(10)17-14(19)18-6-4-2-3-5-7-18/h8-9H,2-7H2,1H3,(H,17,19). The average molecular weight is 329 g/mol. The van der Waals surface area contributed by atoms with E-state index in [-0.39, 0.29) is 11.8 Å². The highest BCUT2D eigenvalue weighted by molar-refractivity contribution is 9.10. The fourth-order valence-electron chi connectivity index (χ4n) is 2.25. The van der Waals surface area contributed by atoms with Crippen molar-refractivity contribution in [3.05, 3.63) is 28.0 Å². The van der Waals surface area contributed by atoms with Crippen molar-refractivity contribution in [2.45, 2.75) is 32.6 Å². The molecule has 1 saturated heterocycles. The minimum absolute atomic E-state index is 0.133. The van der Waals surface area contributed by atoms with Gasteiger partial charge in [0, 0.05) is 18.8 Å². The number of nitrogens with zero attached hydrogens (tertiary/aromatic N) is 1. The fourth-order valence-corrected chi connectivity index (χ4v) is 2.71. The number of carbonyl (C=O) groups is 1. The summed E-state index contributed by atoms with van der Waals surface area (Å²) in [6, 6.07) is 2.90. The van der Waals surface area contributed by atoms with Crippen molar-refractivity contribution in [1.82, 2.24) is 4.90 Å². The number of hydrogen-bond acceptors (Lipinski definition) is 1. The number of aryl methyl sites for hydroxylation is 1. The molecule has 3 nitrogen and oxygen atoms in total. The van der Waals surface area contributed by atoms with Crippen LogP contribution in [-0.4, -0.2) is 24.0 Å². The van der Waals surface area contributed by atoms with Crippen molar-refractivity contribution < 1.29 is 9.18 Å². The van der Waals surface area contributed by atoms with E-state index in [0.29, 0.717) is 10.2 Å². The Hall–Kier alpha value is -1.10. The van der Waals surface area contributed by atoms with Crippen molar-refractivity contribution in [3.8, 4) is 0 Å². The van der Waals surface area contributed by atoms with Crippen LogP contribution < -0.4 is 5.32 Å². The lowest BCUT2D eigenvalue weighted by Gasteiger charge is -2.21. The number of rotatable bonds is 1. The third-order valence-corrected chi connectivity index (χ3v) is 4.01. The van der Waals surface area contributed by atoms with Crippen LogP contribution in [0.4, 0.5) is 14.9 Å². The molecule has 1 aliphatic heterocycles. The van der Waals surface area contributed by atoms with Crippen LogP contribution in [0.5, 0.6) is 0 Å². The van der Waals surface area contributed by atoms with Crippen molar-refractivity contribution in [3.63, 3.8) is 0 Å². The molecular weight excluding hydrogens is 311 g/mol. The van der Waals surface area contributed by atoms with Crippen LogP contribution in [0.25, 0.3) is 0 Å². The first-order valence-corrected chi connectivity index (χ1v) is 7.39. The maximum absolute atomic E-state index is 13.5. The summed E-state index contributed by atoms with van der Waals surface area (Å²) in [5, 5.41) is 2.80. The van der Waals surface area contributed by atoms with E-state index < -0.39 is 0 Å². The van der Waals surface area contributed by atoms with E-state index in [0.717, 1.165) is 31.5 Å². The van der Waals surface area contributed by atoms with E-state index in [1.165, 1.54) is 18.9 Å². The Morgan fingerprint density at radius 1 is 1.26 bits per heavy atom. The minimum atomic E-state index is -0.364. The summed E-state index contributed by atoms with van der Waals surface area (Å²) >= 11 is 3.14. The quantitative estimate of drug-likeness (QED) is 0.818. The zero-order valence-corrected chi connectivity index (χ0v) is 12.6. The predicted molar refractivity (Wildman–Crippen MR) is 77.9 cm³/mol. The lowest BCUT2D eigenvalue weighted by Crippen LogP contribution is -2.35. The molecule has 5 heteroatoms. The van der Waals surface area contributed by atoms with Crippen LogP contribution in [-0.2, 0) is 0 Å². The van der Waals surface area contributed by atoms with Gasteiger partial charge in [0.05, 0.1) is 4.47 Å². The lowest BCUT2D eigenvalue weighted by atomic mass is 10.2. The lowest BCUT2D eigenvalue weighted by molar-refractivity contribution is 0.213. The van der Waals surface area contributed by atoms with Gasteiger partial charge in [-0.15, -0.1) is 0 Å². The van der Waals surface area contributed by atoms with Crippen LogP contribution in [0.15, 0.2) is 16.6 Å². The number of benzene rings is 1. The van der Waals surface area contributed by atoms with Gasteiger partial charge in [-0.25, -0.2) is 9.18 Å². The van der Waals surface area contributed by atoms with Gasteiger partial charge in [0.15, 0.2) is 0 Å². The topological polar surface area (TPSA) is 32.3 Å². The zero-order valence-electron chi connectivity index (χ0n) is 11.0. The molecule has 0 bridgehead atoms. The van der Waals surface area contributed by atoms with Gasteiger partial charge in [-0.2, -0.15) is 0 Å². The molecule has 1 aromatic carbocycles. The van der Waals surface area contributed by atoms with Gasteiger partial charge in [-0.1, -0.05) is 12.8 Å². The second-order valence-electron chi connectivity index (χ2n) is 4.91. The monoisotopic (exact) mass is 328 g/mol. The van der Waals surface area contributed by atoms with Crippen molar-refractivity contribution in [2.24, 2.45) is 0 Å². The molecule has 1 N–H and O–H groups in total. The van der Waals surface area contributed by atoms with Gasteiger partial charge in [-0.3, -0.25) is 0 Å². The van der Waals surface area contributed by atoms with Gasteiger partial charge in [0.25, 0.3) is 0 Å². The van der Waals surface area contributed by atoms with E-state index in [4.69, 9.17) is 0 Å². The molecule has 0 aliphatic carbocycles. The summed E-state index contributed by atoms with van der Waals surface area (Å²) in [5.41, 5.74) is 1.38. The molecule has 1 aromatic rings. The Morgan fingerprint density at radius 3 is 2.53 bits per heavy atom. The first-order valence-electron chi connectivity index (χ1n) is 6.59. The normalized spacial score (nSPS) is 16.1. The molecule has 19 heavy (non-hydrogen) atoms. The van der Waals surface area contributed by atoms with Crippen LogP contribution >= 0.6 is 15.9 Å². The molecule has 0 atom stereocenters. The number of nitrogens with one attached hydrogen (secondary N) is 1. The number of amides is 2. The second kappa shape index (κ2) is 6.37. The summed E-state index contributed by atoms with van der Waals surface area (Å²) in [4.78, 5) is 14.0. The maximum atomic E-state index is 13.5. The summed E-state index contributed by atoms with van der Waals surface area (Å²) in [6.45, 7) is 3.41. The highest BCUT2D eigenvalue weighted by Crippen LogP contribution is 2.24. The fraction of sp³-hybridized carbons (Fsp3) is 0.500. The van der Waals surface area contributed by atoms with Crippen molar-refractivity contribution in [1.29, 1.82) is 0 Å². The molecule has 0 radical (unpaired) electrons. The third-order valence-electron chi connectivity index (χ3n) is 3.40. The summed E-state index contributed by atoms with van der Waals surface area (Å²) in [6.07, 6.45) is 4.44. The van der Waals surface area contributed by atoms with Crippen LogP contribution in [0, 0.1) is 12.7 Å². The molecule has 1 heterocycles. The number of carbonyl (C=O) groups excluding carboxylic acids is 1. The molecular formula is C14H18BrFN2O. The Balaban J connectivity index is 2.07. The van der Waals surface area contributed by atoms with Crippen LogP contribution in [0.1, 0.15) is 31.2 Å². The van der Waals surface area contributed by atoms with Crippen LogP contribution in [0.3, 0.4) is 0 Å². The summed E-state index contributed by atoms with van der Waals surface area (Å²) in [5.74, 6) is -0.364. The van der Waals surface area contributed by atoms with E-state index in [1.54, 1.807) is 6.07 Å². The molecule has 0 saturated carbocycles. The third kappa shape index (κ3) is 3.69. The molecule has 0 unspecified atom stereocenters. The molecule has 0 aromatic heterocycles. The SMILES string of the molecule is Cc1cc(Br)c(F)cc1NC(=O)N1CCCCCC1. The average Bonchev–Trinajstić information content (AvgIpc) is 2.64. The van der Waals surface area contributed by atoms with Gasteiger partial charge in [0.2, 0.25) is 0 Å². The van der Waals surface area contributed by atoms with E-state index in [9.17, 15) is 9.18 Å². The minimum Gasteiger partial charge on any atom is -0.325 e. The summed E-state index contributed by atoms with van der Waals surface area (Å²) in [7, 11) is 0. The first-order chi connectivity index (χ1) is 9.08.